The molecule has 0 aliphatic carbocycles. The second-order valence-electron chi connectivity index (χ2n) is 7.21. The lowest BCUT2D eigenvalue weighted by molar-refractivity contribution is -0.0334. The lowest BCUT2D eigenvalue weighted by Gasteiger charge is -2.36. The van der Waals surface area contributed by atoms with Crippen LogP contribution in [0.25, 0.3) is 0 Å². The minimum absolute atomic E-state index is 0.480. The lowest BCUT2D eigenvalue weighted by Crippen LogP contribution is -2.34. The molecule has 3 heteroatoms. The SMILES string of the molecule is CCCCOCCOCCOC(c1ccccc1)(c1ccccc1)c1ccccc1. The van der Waals surface area contributed by atoms with Crippen LogP contribution >= 0.6 is 0 Å². The van der Waals surface area contributed by atoms with Crippen LogP contribution in [0.15, 0.2) is 91.0 Å². The summed E-state index contributed by atoms with van der Waals surface area (Å²) in [5, 5.41) is 0. The monoisotopic (exact) mass is 404 g/mol. The Morgan fingerprint density at radius 1 is 0.533 bits per heavy atom. The highest BCUT2D eigenvalue weighted by Gasteiger charge is 2.37. The lowest BCUT2D eigenvalue weighted by atomic mass is 9.80. The number of unbranched alkanes of at least 4 members (excludes halogenated alkanes) is 1. The molecular formula is C27H32O3. The van der Waals surface area contributed by atoms with Gasteiger partial charge in [0.1, 0.15) is 5.60 Å². The highest BCUT2D eigenvalue weighted by molar-refractivity contribution is 5.47. The highest BCUT2D eigenvalue weighted by Crippen LogP contribution is 2.40. The number of hydrogen-bond acceptors (Lipinski definition) is 3. The maximum atomic E-state index is 6.67. The van der Waals surface area contributed by atoms with Crippen molar-refractivity contribution >= 4 is 0 Å². The van der Waals surface area contributed by atoms with Crippen molar-refractivity contribution in [3.05, 3.63) is 108 Å². The Morgan fingerprint density at radius 3 is 1.37 bits per heavy atom. The van der Waals surface area contributed by atoms with Gasteiger partial charge in [0.15, 0.2) is 0 Å². The first kappa shape index (κ1) is 22.2. The van der Waals surface area contributed by atoms with E-state index in [9.17, 15) is 0 Å². The molecule has 0 aliphatic rings. The molecule has 3 aromatic carbocycles. The molecule has 0 saturated heterocycles. The summed E-state index contributed by atoms with van der Waals surface area (Å²) < 4.78 is 18.0. The van der Waals surface area contributed by atoms with E-state index in [0.29, 0.717) is 26.4 Å². The van der Waals surface area contributed by atoms with Gasteiger partial charge in [-0.3, -0.25) is 0 Å². The molecule has 0 fully saturated rings. The van der Waals surface area contributed by atoms with Crippen LogP contribution in [0.2, 0.25) is 0 Å². The van der Waals surface area contributed by atoms with Gasteiger partial charge in [-0.2, -0.15) is 0 Å². The predicted octanol–water partition coefficient (Wildman–Crippen LogP) is 5.83. The third-order valence-corrected chi connectivity index (χ3v) is 5.10. The molecule has 0 N–H and O–H groups in total. The summed E-state index contributed by atoms with van der Waals surface area (Å²) in [6, 6.07) is 31.2. The van der Waals surface area contributed by atoms with Gasteiger partial charge < -0.3 is 14.2 Å². The summed E-state index contributed by atoms with van der Waals surface area (Å²) in [6.07, 6.45) is 2.24. The van der Waals surface area contributed by atoms with Gasteiger partial charge >= 0.3 is 0 Å². The van der Waals surface area contributed by atoms with E-state index >= 15 is 0 Å². The molecule has 0 unspecified atom stereocenters. The maximum absolute atomic E-state index is 6.67. The molecule has 3 aromatic rings. The fourth-order valence-electron chi connectivity index (χ4n) is 3.59. The van der Waals surface area contributed by atoms with E-state index in [1.54, 1.807) is 0 Å². The molecular weight excluding hydrogens is 372 g/mol. The van der Waals surface area contributed by atoms with E-state index in [1.165, 1.54) is 0 Å². The Kier molecular flexibility index (Phi) is 9.10. The van der Waals surface area contributed by atoms with Crippen molar-refractivity contribution in [2.75, 3.05) is 33.0 Å². The Labute approximate surface area is 180 Å². The fourth-order valence-corrected chi connectivity index (χ4v) is 3.59. The third kappa shape index (κ3) is 5.79. The van der Waals surface area contributed by atoms with Crippen molar-refractivity contribution in [3.63, 3.8) is 0 Å². The van der Waals surface area contributed by atoms with Gasteiger partial charge in [0.05, 0.1) is 26.4 Å². The summed E-state index contributed by atoms with van der Waals surface area (Å²) in [4.78, 5) is 0. The second-order valence-corrected chi connectivity index (χ2v) is 7.21. The van der Waals surface area contributed by atoms with Crippen molar-refractivity contribution < 1.29 is 14.2 Å². The molecule has 0 bridgehead atoms. The average Bonchev–Trinajstić information content (AvgIpc) is 2.82. The summed E-state index contributed by atoms with van der Waals surface area (Å²) >= 11 is 0. The zero-order chi connectivity index (χ0) is 20.9. The number of hydrogen-bond donors (Lipinski definition) is 0. The molecule has 0 aromatic heterocycles. The summed E-state index contributed by atoms with van der Waals surface area (Å²) in [6.45, 7) is 5.17. The molecule has 3 nitrogen and oxygen atoms in total. The van der Waals surface area contributed by atoms with Crippen LogP contribution in [0.1, 0.15) is 36.5 Å². The smallest absolute Gasteiger partial charge is 0.143 e. The molecule has 3 rings (SSSR count). The van der Waals surface area contributed by atoms with Crippen molar-refractivity contribution in [1.29, 1.82) is 0 Å². The largest absolute Gasteiger partial charge is 0.379 e. The van der Waals surface area contributed by atoms with E-state index in [-0.39, 0.29) is 0 Å². The van der Waals surface area contributed by atoms with E-state index < -0.39 is 5.60 Å². The van der Waals surface area contributed by atoms with Gasteiger partial charge in [0.25, 0.3) is 0 Å². The van der Waals surface area contributed by atoms with E-state index in [4.69, 9.17) is 14.2 Å². The molecule has 0 aliphatic heterocycles. The van der Waals surface area contributed by atoms with Crippen LogP contribution in [-0.2, 0) is 19.8 Å². The first-order valence-electron chi connectivity index (χ1n) is 10.8. The van der Waals surface area contributed by atoms with Gasteiger partial charge in [0.2, 0.25) is 0 Å². The molecule has 0 heterocycles. The zero-order valence-corrected chi connectivity index (χ0v) is 17.8. The number of rotatable bonds is 13. The van der Waals surface area contributed by atoms with Crippen molar-refractivity contribution in [2.24, 2.45) is 0 Å². The van der Waals surface area contributed by atoms with Crippen molar-refractivity contribution in [1.82, 2.24) is 0 Å². The van der Waals surface area contributed by atoms with Crippen LogP contribution in [-0.4, -0.2) is 33.0 Å². The quantitative estimate of drug-likeness (QED) is 0.265. The molecule has 30 heavy (non-hydrogen) atoms. The Balaban J connectivity index is 1.77. The predicted molar refractivity (Wildman–Crippen MR) is 122 cm³/mol. The molecule has 0 radical (unpaired) electrons. The Hall–Kier alpha value is -2.46. The number of benzene rings is 3. The zero-order valence-electron chi connectivity index (χ0n) is 17.8. The summed E-state index contributed by atoms with van der Waals surface area (Å²) in [5.74, 6) is 0. The number of ether oxygens (including phenoxy) is 3. The van der Waals surface area contributed by atoms with Gasteiger partial charge in [0, 0.05) is 6.61 Å². The van der Waals surface area contributed by atoms with Gasteiger partial charge in [-0.1, -0.05) is 104 Å². The standard InChI is InChI=1S/C27H32O3/c1-2-3-19-28-20-21-29-22-23-30-27(24-13-7-4-8-14-24,25-15-9-5-10-16-25)26-17-11-6-12-18-26/h4-18H,2-3,19-23H2,1H3. The van der Waals surface area contributed by atoms with E-state index in [0.717, 1.165) is 36.1 Å². The molecule has 0 atom stereocenters. The van der Waals surface area contributed by atoms with Crippen molar-refractivity contribution in [3.8, 4) is 0 Å². The van der Waals surface area contributed by atoms with Gasteiger partial charge in [-0.05, 0) is 23.1 Å². The van der Waals surface area contributed by atoms with Crippen LogP contribution in [0.4, 0.5) is 0 Å². The van der Waals surface area contributed by atoms with Crippen LogP contribution in [0, 0.1) is 0 Å². The first-order valence-corrected chi connectivity index (χ1v) is 10.8. The summed E-state index contributed by atoms with van der Waals surface area (Å²) in [5.41, 5.74) is 2.62. The topological polar surface area (TPSA) is 27.7 Å². The van der Waals surface area contributed by atoms with Crippen LogP contribution < -0.4 is 0 Å². The molecule has 158 valence electrons. The van der Waals surface area contributed by atoms with E-state index in [1.807, 2.05) is 18.2 Å². The normalized spacial score (nSPS) is 11.5. The van der Waals surface area contributed by atoms with Gasteiger partial charge in [-0.25, -0.2) is 0 Å². The molecule has 0 amide bonds. The molecule has 0 saturated carbocycles. The Bertz CT molecular complexity index is 722. The minimum Gasteiger partial charge on any atom is -0.379 e. The first-order chi connectivity index (χ1) is 14.9. The van der Waals surface area contributed by atoms with Gasteiger partial charge in [-0.15, -0.1) is 0 Å². The average molecular weight is 405 g/mol. The Morgan fingerprint density at radius 2 is 0.933 bits per heavy atom. The third-order valence-electron chi connectivity index (χ3n) is 5.10. The highest BCUT2D eigenvalue weighted by atomic mass is 16.5. The van der Waals surface area contributed by atoms with Crippen LogP contribution in [0.3, 0.4) is 0 Å². The second kappa shape index (κ2) is 12.3. The minimum atomic E-state index is -0.690. The summed E-state index contributed by atoms with van der Waals surface area (Å²) in [7, 11) is 0. The van der Waals surface area contributed by atoms with Crippen molar-refractivity contribution in [2.45, 2.75) is 25.4 Å². The maximum Gasteiger partial charge on any atom is 0.143 e. The fraction of sp³-hybridized carbons (Fsp3) is 0.333. The van der Waals surface area contributed by atoms with E-state index in [2.05, 4.69) is 79.7 Å². The van der Waals surface area contributed by atoms with Crippen LogP contribution in [0.5, 0.6) is 0 Å². The molecule has 0 spiro atoms.